The van der Waals surface area contributed by atoms with Crippen molar-refractivity contribution in [3.05, 3.63) is 59.7 Å². The van der Waals surface area contributed by atoms with Gasteiger partial charge in [-0.15, -0.1) is 0 Å². The monoisotopic (exact) mass is 480 g/mol. The number of hydrogen-bond acceptors (Lipinski definition) is 5. The van der Waals surface area contributed by atoms with Gasteiger partial charge in [0.15, 0.2) is 0 Å². The maximum atomic E-state index is 12.6. The van der Waals surface area contributed by atoms with Crippen molar-refractivity contribution in [3.63, 3.8) is 0 Å². The fraction of sp³-hybridized carbons (Fsp3) is 0.423. The summed E-state index contributed by atoms with van der Waals surface area (Å²) in [5.74, 6) is 1.06. The Balaban J connectivity index is 1.16. The summed E-state index contributed by atoms with van der Waals surface area (Å²) in [6.07, 6.45) is 0.909. The molecule has 1 unspecified atom stereocenters. The van der Waals surface area contributed by atoms with E-state index in [1.54, 1.807) is 0 Å². The van der Waals surface area contributed by atoms with Gasteiger partial charge in [-0.3, -0.25) is 9.59 Å². The molecule has 3 aliphatic rings. The number of alkyl carbamates (subject to hydrolysis) is 1. The lowest BCUT2D eigenvalue weighted by Crippen LogP contribution is -2.53. The molecule has 2 aromatic carbocycles. The minimum Gasteiger partial charge on any atom is -0.481 e. The Morgan fingerprint density at radius 2 is 1.65 bits per heavy atom. The SMILES string of the molecule is O=C(O)CC(NC(=O)OCC1c2ccccc2-c2ccccc21)C(=O)NCC1CC2(CSC2)C1. The van der Waals surface area contributed by atoms with Gasteiger partial charge in [0.2, 0.25) is 5.91 Å². The van der Waals surface area contributed by atoms with Crippen molar-refractivity contribution in [2.75, 3.05) is 24.7 Å². The fourth-order valence-electron chi connectivity index (χ4n) is 5.47. The Morgan fingerprint density at radius 3 is 2.21 bits per heavy atom. The zero-order chi connectivity index (χ0) is 23.7. The molecule has 1 heterocycles. The molecule has 2 aromatic rings. The Kier molecular flexibility index (Phi) is 6.25. The predicted molar refractivity (Wildman–Crippen MR) is 130 cm³/mol. The zero-order valence-electron chi connectivity index (χ0n) is 18.8. The Hall–Kier alpha value is -3.00. The van der Waals surface area contributed by atoms with E-state index in [2.05, 4.69) is 22.8 Å². The molecule has 1 saturated heterocycles. The van der Waals surface area contributed by atoms with Crippen LogP contribution in [0.1, 0.15) is 36.3 Å². The molecule has 1 aliphatic heterocycles. The lowest BCUT2D eigenvalue weighted by molar-refractivity contribution is -0.139. The highest BCUT2D eigenvalue weighted by Crippen LogP contribution is 2.55. The van der Waals surface area contributed by atoms with Gasteiger partial charge in [-0.1, -0.05) is 48.5 Å². The summed E-state index contributed by atoms with van der Waals surface area (Å²) < 4.78 is 5.48. The number of carboxylic acid groups (broad SMARTS) is 1. The van der Waals surface area contributed by atoms with Gasteiger partial charge >= 0.3 is 12.1 Å². The number of carbonyl (C=O) groups excluding carboxylic acids is 2. The standard InChI is InChI=1S/C26H28N2O5S/c29-23(30)9-22(24(31)27-12-16-10-26(11-16)14-34-15-26)28-25(32)33-13-21-19-7-3-1-5-17(19)18-6-2-4-8-20(18)21/h1-8,16,21-22H,9-15H2,(H,27,31)(H,28,32)(H,29,30). The first-order valence-corrected chi connectivity index (χ1v) is 12.8. The number of benzene rings is 2. The normalized spacial score (nSPS) is 18.7. The highest BCUT2D eigenvalue weighted by Gasteiger charge is 2.48. The second-order valence-electron chi connectivity index (χ2n) is 9.63. The van der Waals surface area contributed by atoms with Gasteiger partial charge in [-0.25, -0.2) is 4.79 Å². The molecule has 34 heavy (non-hydrogen) atoms. The van der Waals surface area contributed by atoms with Crippen molar-refractivity contribution in [2.24, 2.45) is 11.3 Å². The van der Waals surface area contributed by atoms with Crippen molar-refractivity contribution in [1.82, 2.24) is 10.6 Å². The summed E-state index contributed by atoms with van der Waals surface area (Å²) >= 11 is 1.96. The summed E-state index contributed by atoms with van der Waals surface area (Å²) in [6.45, 7) is 0.608. The van der Waals surface area contributed by atoms with Crippen LogP contribution < -0.4 is 10.6 Å². The maximum absolute atomic E-state index is 12.6. The first kappa shape index (κ1) is 22.8. The van der Waals surface area contributed by atoms with Gasteiger partial charge < -0.3 is 20.5 Å². The second kappa shape index (κ2) is 9.33. The highest BCUT2D eigenvalue weighted by molar-refractivity contribution is 8.00. The van der Waals surface area contributed by atoms with Gasteiger partial charge in [-0.2, -0.15) is 11.8 Å². The third-order valence-corrected chi connectivity index (χ3v) is 8.79. The number of nitrogens with one attached hydrogen (secondary N) is 2. The van der Waals surface area contributed by atoms with E-state index >= 15 is 0 Å². The molecular formula is C26H28N2O5S. The lowest BCUT2D eigenvalue weighted by atomic mass is 9.63. The van der Waals surface area contributed by atoms with Gasteiger partial charge in [0.05, 0.1) is 6.42 Å². The van der Waals surface area contributed by atoms with Crippen LogP contribution in [0.3, 0.4) is 0 Å². The van der Waals surface area contributed by atoms with E-state index in [0.717, 1.165) is 35.1 Å². The number of carboxylic acids is 1. The van der Waals surface area contributed by atoms with Gasteiger partial charge in [0.1, 0.15) is 12.6 Å². The number of thioether (sulfide) groups is 1. The zero-order valence-corrected chi connectivity index (χ0v) is 19.6. The van der Waals surface area contributed by atoms with Crippen LogP contribution in [0.5, 0.6) is 0 Å². The molecule has 1 spiro atoms. The van der Waals surface area contributed by atoms with Crippen molar-refractivity contribution >= 4 is 29.7 Å². The third-order valence-electron chi connectivity index (χ3n) is 7.16. The first-order chi connectivity index (χ1) is 16.4. The molecule has 0 aromatic heterocycles. The van der Waals surface area contributed by atoms with Crippen LogP contribution in [0.15, 0.2) is 48.5 Å². The largest absolute Gasteiger partial charge is 0.481 e. The Morgan fingerprint density at radius 1 is 1.03 bits per heavy atom. The quantitative estimate of drug-likeness (QED) is 0.533. The van der Waals surface area contributed by atoms with Crippen molar-refractivity contribution in [3.8, 4) is 11.1 Å². The number of carbonyl (C=O) groups is 3. The molecule has 0 radical (unpaired) electrons. The number of fused-ring (bicyclic) bond motifs is 3. The second-order valence-corrected chi connectivity index (χ2v) is 10.6. The molecule has 178 valence electrons. The minimum absolute atomic E-state index is 0.101. The number of ether oxygens (including phenoxy) is 1. The molecule has 2 amide bonds. The Bertz CT molecular complexity index is 1060. The molecule has 7 nitrogen and oxygen atoms in total. The van der Waals surface area contributed by atoms with E-state index in [0.29, 0.717) is 17.9 Å². The minimum atomic E-state index is -1.18. The van der Waals surface area contributed by atoms with Crippen LogP contribution in [0.25, 0.3) is 11.1 Å². The van der Waals surface area contributed by atoms with Gasteiger partial charge in [0, 0.05) is 12.5 Å². The van der Waals surface area contributed by atoms with Crippen LogP contribution >= 0.6 is 11.8 Å². The molecule has 2 fully saturated rings. The predicted octanol–water partition coefficient (Wildman–Crippen LogP) is 3.63. The average molecular weight is 481 g/mol. The molecule has 1 saturated carbocycles. The van der Waals surface area contributed by atoms with E-state index < -0.39 is 30.4 Å². The molecule has 3 N–H and O–H groups in total. The van der Waals surface area contributed by atoms with Crippen LogP contribution in [-0.4, -0.2) is 53.8 Å². The average Bonchev–Trinajstić information content (AvgIpc) is 3.08. The van der Waals surface area contributed by atoms with Crippen molar-refractivity contribution < 1.29 is 24.2 Å². The summed E-state index contributed by atoms with van der Waals surface area (Å²) in [4.78, 5) is 36.5. The van der Waals surface area contributed by atoms with E-state index in [1.807, 2.05) is 48.2 Å². The van der Waals surface area contributed by atoms with Crippen molar-refractivity contribution in [2.45, 2.75) is 31.2 Å². The summed E-state index contributed by atoms with van der Waals surface area (Å²) in [6, 6.07) is 14.8. The van der Waals surface area contributed by atoms with E-state index in [1.165, 1.54) is 11.5 Å². The molecule has 1 atom stereocenters. The van der Waals surface area contributed by atoms with Crippen molar-refractivity contribution in [1.29, 1.82) is 0 Å². The molecule has 2 aliphatic carbocycles. The van der Waals surface area contributed by atoms with Gasteiger partial charge in [0.25, 0.3) is 0 Å². The number of hydrogen-bond donors (Lipinski definition) is 3. The van der Waals surface area contributed by atoms with E-state index in [9.17, 15) is 19.5 Å². The Labute approximate surface area is 202 Å². The van der Waals surface area contributed by atoms with E-state index in [4.69, 9.17) is 4.74 Å². The molecule has 5 rings (SSSR count). The summed E-state index contributed by atoms with van der Waals surface area (Å²) in [7, 11) is 0. The summed E-state index contributed by atoms with van der Waals surface area (Å²) in [5, 5.41) is 14.5. The van der Waals surface area contributed by atoms with Crippen LogP contribution in [0, 0.1) is 11.3 Å². The molecule has 8 heteroatoms. The number of rotatable bonds is 8. The lowest BCUT2D eigenvalue weighted by Gasteiger charge is -2.53. The molecule has 0 bridgehead atoms. The molecular weight excluding hydrogens is 452 g/mol. The summed E-state index contributed by atoms with van der Waals surface area (Å²) in [5.41, 5.74) is 4.88. The fourth-order valence-corrected chi connectivity index (χ4v) is 6.72. The highest BCUT2D eigenvalue weighted by atomic mass is 32.2. The smallest absolute Gasteiger partial charge is 0.407 e. The van der Waals surface area contributed by atoms with Crippen LogP contribution in [0.4, 0.5) is 4.79 Å². The van der Waals surface area contributed by atoms with E-state index in [-0.39, 0.29) is 12.5 Å². The topological polar surface area (TPSA) is 105 Å². The third kappa shape index (κ3) is 4.51. The maximum Gasteiger partial charge on any atom is 0.407 e. The number of aliphatic carboxylic acids is 1. The first-order valence-electron chi connectivity index (χ1n) is 11.6. The van der Waals surface area contributed by atoms with Gasteiger partial charge in [-0.05, 0) is 57.9 Å². The van der Waals surface area contributed by atoms with Crippen LogP contribution in [0.2, 0.25) is 0 Å². The number of amides is 2. The van der Waals surface area contributed by atoms with Crippen LogP contribution in [-0.2, 0) is 14.3 Å².